The van der Waals surface area contributed by atoms with Crippen molar-refractivity contribution < 1.29 is 9.72 Å². The first-order valence-corrected chi connectivity index (χ1v) is 5.32. The van der Waals surface area contributed by atoms with Gasteiger partial charge in [0.2, 0.25) is 0 Å². The predicted octanol–water partition coefficient (Wildman–Crippen LogP) is 1.16. The van der Waals surface area contributed by atoms with Gasteiger partial charge in [0.25, 0.3) is 11.6 Å². The fourth-order valence-corrected chi connectivity index (χ4v) is 1.53. The third-order valence-corrected chi connectivity index (χ3v) is 2.55. The zero-order chi connectivity index (χ0) is 14.0. The molecule has 1 aromatic carbocycles. The minimum absolute atomic E-state index is 0.0513. The van der Waals surface area contributed by atoms with E-state index in [4.69, 9.17) is 5.73 Å². The summed E-state index contributed by atoms with van der Waals surface area (Å²) in [5, 5.41) is 17.1. The van der Waals surface area contributed by atoms with Crippen molar-refractivity contribution in [1.29, 1.82) is 0 Å². The van der Waals surface area contributed by atoms with Gasteiger partial charge in [-0.15, -0.1) is 0 Å². The Morgan fingerprint density at radius 3 is 2.79 bits per heavy atom. The minimum atomic E-state index is -0.583. The molecule has 1 aromatic heterocycles. The first kappa shape index (κ1) is 12.6. The molecule has 0 aliphatic carbocycles. The lowest BCUT2D eigenvalue weighted by Gasteiger charge is -2.07. The zero-order valence-corrected chi connectivity index (χ0v) is 10.0. The van der Waals surface area contributed by atoms with E-state index in [1.165, 1.54) is 23.0 Å². The fourth-order valence-electron chi connectivity index (χ4n) is 1.53. The van der Waals surface area contributed by atoms with Crippen molar-refractivity contribution in [3.63, 3.8) is 0 Å². The Labute approximate surface area is 108 Å². The molecule has 0 aliphatic rings. The summed E-state index contributed by atoms with van der Waals surface area (Å²) in [5.41, 5.74) is 5.68. The molecule has 19 heavy (non-hydrogen) atoms. The third-order valence-electron chi connectivity index (χ3n) is 2.55. The maximum atomic E-state index is 12.0. The van der Waals surface area contributed by atoms with Gasteiger partial charge in [0.05, 0.1) is 16.7 Å². The van der Waals surface area contributed by atoms with E-state index in [-0.39, 0.29) is 16.9 Å². The molecule has 0 radical (unpaired) electrons. The van der Waals surface area contributed by atoms with Gasteiger partial charge in [0.1, 0.15) is 5.82 Å². The number of benzene rings is 1. The van der Waals surface area contributed by atoms with Crippen LogP contribution in [-0.2, 0) is 7.05 Å². The first-order valence-electron chi connectivity index (χ1n) is 5.32. The summed E-state index contributed by atoms with van der Waals surface area (Å²) in [7, 11) is 1.66. The number of aryl methyl sites for hydroxylation is 1. The Morgan fingerprint density at radius 1 is 1.47 bits per heavy atom. The van der Waals surface area contributed by atoms with E-state index in [2.05, 4.69) is 10.4 Å². The van der Waals surface area contributed by atoms with Crippen LogP contribution in [0.15, 0.2) is 30.5 Å². The molecule has 0 atom stereocenters. The van der Waals surface area contributed by atoms with Crippen molar-refractivity contribution in [2.75, 3.05) is 11.1 Å². The Bertz CT molecular complexity index is 650. The van der Waals surface area contributed by atoms with Crippen LogP contribution in [-0.4, -0.2) is 20.6 Å². The van der Waals surface area contributed by atoms with Crippen LogP contribution >= 0.6 is 0 Å². The molecule has 8 nitrogen and oxygen atoms in total. The molecule has 0 saturated carbocycles. The van der Waals surface area contributed by atoms with E-state index in [0.717, 1.165) is 6.07 Å². The fraction of sp³-hybridized carbons (Fsp3) is 0.0909. The number of amides is 1. The normalized spacial score (nSPS) is 10.2. The maximum Gasteiger partial charge on any atom is 0.270 e. The number of nitrogens with one attached hydrogen (secondary N) is 1. The van der Waals surface area contributed by atoms with Crippen LogP contribution in [0.2, 0.25) is 0 Å². The number of rotatable bonds is 3. The van der Waals surface area contributed by atoms with Crippen molar-refractivity contribution in [3.8, 4) is 0 Å². The largest absolute Gasteiger partial charge is 0.398 e. The summed E-state index contributed by atoms with van der Waals surface area (Å²) in [6.07, 6.45) is 1.52. The highest BCUT2D eigenvalue weighted by Crippen LogP contribution is 2.20. The van der Waals surface area contributed by atoms with E-state index in [0.29, 0.717) is 5.82 Å². The molecule has 98 valence electrons. The van der Waals surface area contributed by atoms with Gasteiger partial charge < -0.3 is 11.1 Å². The molecule has 8 heteroatoms. The third kappa shape index (κ3) is 2.51. The van der Waals surface area contributed by atoms with Crippen LogP contribution in [0.3, 0.4) is 0 Å². The zero-order valence-electron chi connectivity index (χ0n) is 10.0. The molecule has 2 rings (SSSR count). The second-order valence-electron chi connectivity index (χ2n) is 3.82. The molecule has 1 amide bonds. The topological polar surface area (TPSA) is 116 Å². The lowest BCUT2D eigenvalue weighted by Crippen LogP contribution is -2.16. The average Bonchev–Trinajstić information content (AvgIpc) is 2.75. The lowest BCUT2D eigenvalue weighted by atomic mass is 10.1. The highest BCUT2D eigenvalue weighted by molar-refractivity contribution is 6.07. The molecule has 0 saturated heterocycles. The number of aromatic nitrogens is 2. The molecule has 2 aromatic rings. The van der Waals surface area contributed by atoms with Gasteiger partial charge in [-0.25, -0.2) is 0 Å². The van der Waals surface area contributed by atoms with Crippen LogP contribution in [0.4, 0.5) is 17.2 Å². The highest BCUT2D eigenvalue weighted by atomic mass is 16.6. The summed E-state index contributed by atoms with van der Waals surface area (Å²) in [4.78, 5) is 22.1. The minimum Gasteiger partial charge on any atom is -0.398 e. The molecular formula is C11H11N5O3. The van der Waals surface area contributed by atoms with Crippen molar-refractivity contribution in [1.82, 2.24) is 9.78 Å². The molecule has 0 bridgehead atoms. The van der Waals surface area contributed by atoms with Crippen LogP contribution < -0.4 is 11.1 Å². The van der Waals surface area contributed by atoms with Gasteiger partial charge in [0, 0.05) is 30.9 Å². The summed E-state index contributed by atoms with van der Waals surface area (Å²) in [6, 6.07) is 5.32. The SMILES string of the molecule is Cn1nccc1NC(=O)c1cc([N+](=O)[O-])ccc1N. The quantitative estimate of drug-likeness (QED) is 0.488. The van der Waals surface area contributed by atoms with Crippen molar-refractivity contribution in [2.45, 2.75) is 0 Å². The summed E-state index contributed by atoms with van der Waals surface area (Å²) in [5.74, 6) is -0.0549. The second kappa shape index (κ2) is 4.77. The lowest BCUT2D eigenvalue weighted by molar-refractivity contribution is -0.384. The molecule has 3 N–H and O–H groups in total. The van der Waals surface area contributed by atoms with Gasteiger partial charge in [-0.05, 0) is 6.07 Å². The average molecular weight is 261 g/mol. The molecule has 1 heterocycles. The number of anilines is 2. The molecule has 0 fully saturated rings. The maximum absolute atomic E-state index is 12.0. The van der Waals surface area contributed by atoms with Gasteiger partial charge in [-0.1, -0.05) is 0 Å². The van der Waals surface area contributed by atoms with E-state index in [1.807, 2.05) is 0 Å². The number of hydrogen-bond acceptors (Lipinski definition) is 5. The number of hydrogen-bond donors (Lipinski definition) is 2. The Hall–Kier alpha value is -2.90. The number of carbonyl (C=O) groups excluding carboxylic acids is 1. The number of nitrogens with zero attached hydrogens (tertiary/aromatic N) is 3. The van der Waals surface area contributed by atoms with E-state index in [1.54, 1.807) is 13.1 Å². The van der Waals surface area contributed by atoms with Crippen molar-refractivity contribution in [2.24, 2.45) is 7.05 Å². The molecule has 0 unspecified atom stereocenters. The second-order valence-corrected chi connectivity index (χ2v) is 3.82. The molecule has 0 aliphatic heterocycles. The monoisotopic (exact) mass is 261 g/mol. The smallest absolute Gasteiger partial charge is 0.270 e. The number of nitrogen functional groups attached to an aromatic ring is 1. The van der Waals surface area contributed by atoms with Crippen LogP contribution in [0, 0.1) is 10.1 Å². The standard InChI is InChI=1S/C11H11N5O3/c1-15-10(4-5-13-15)14-11(17)8-6-7(16(18)19)2-3-9(8)12/h2-6H,12H2,1H3,(H,14,17). The van der Waals surface area contributed by atoms with E-state index < -0.39 is 10.8 Å². The number of non-ortho nitro benzene ring substituents is 1. The highest BCUT2D eigenvalue weighted by Gasteiger charge is 2.16. The van der Waals surface area contributed by atoms with Crippen molar-refractivity contribution >= 4 is 23.1 Å². The Kier molecular flexibility index (Phi) is 3.15. The summed E-state index contributed by atoms with van der Waals surface area (Å²) in [6.45, 7) is 0. The number of carbonyl (C=O) groups is 1. The van der Waals surface area contributed by atoms with Gasteiger partial charge >= 0.3 is 0 Å². The first-order chi connectivity index (χ1) is 8.99. The number of nitro groups is 1. The van der Waals surface area contributed by atoms with E-state index in [9.17, 15) is 14.9 Å². The van der Waals surface area contributed by atoms with Crippen LogP contribution in [0.1, 0.15) is 10.4 Å². The van der Waals surface area contributed by atoms with E-state index >= 15 is 0 Å². The number of nitrogens with two attached hydrogens (primary N) is 1. The number of nitro benzene ring substituents is 1. The molecular weight excluding hydrogens is 250 g/mol. The van der Waals surface area contributed by atoms with Crippen LogP contribution in [0.25, 0.3) is 0 Å². The van der Waals surface area contributed by atoms with Gasteiger partial charge in [-0.2, -0.15) is 5.10 Å². The Balaban J connectivity index is 2.31. The van der Waals surface area contributed by atoms with Gasteiger partial charge in [0.15, 0.2) is 0 Å². The predicted molar refractivity (Wildman–Crippen MR) is 68.7 cm³/mol. The van der Waals surface area contributed by atoms with Crippen LogP contribution in [0.5, 0.6) is 0 Å². The summed E-state index contributed by atoms with van der Waals surface area (Å²) < 4.78 is 1.46. The summed E-state index contributed by atoms with van der Waals surface area (Å²) >= 11 is 0. The van der Waals surface area contributed by atoms with Gasteiger partial charge in [-0.3, -0.25) is 19.6 Å². The Morgan fingerprint density at radius 2 is 2.21 bits per heavy atom. The van der Waals surface area contributed by atoms with Crippen molar-refractivity contribution in [3.05, 3.63) is 46.1 Å². The molecule has 0 spiro atoms.